The second-order valence-electron chi connectivity index (χ2n) is 6.15. The van der Waals surface area contributed by atoms with Crippen molar-refractivity contribution in [1.82, 2.24) is 25.4 Å². The molecule has 6 nitrogen and oxygen atoms in total. The molecule has 2 N–H and O–H groups in total. The van der Waals surface area contributed by atoms with E-state index in [0.29, 0.717) is 13.1 Å². The zero-order valence-electron chi connectivity index (χ0n) is 16.3. The Morgan fingerprint density at radius 1 is 1.11 bits per heavy atom. The molecule has 1 aromatic carbocycles. The standard InChI is InChI=1S/C20H26N6S.HI/c1-3-18-12-22-19(27-18)13-24-20(21-4-2)23-10-17-11-25-26(15-17)14-16-8-6-5-7-9-16;/h5-9,11-12,15H,3-4,10,13-14H2,1-2H3,(H2,21,23,24);1H. The average Bonchev–Trinajstić information content (AvgIpc) is 3.34. The number of nitrogens with one attached hydrogen (secondary N) is 2. The summed E-state index contributed by atoms with van der Waals surface area (Å²) in [5, 5.41) is 12.1. The van der Waals surface area contributed by atoms with Crippen molar-refractivity contribution < 1.29 is 0 Å². The lowest BCUT2D eigenvalue weighted by molar-refractivity contribution is 0.686. The van der Waals surface area contributed by atoms with E-state index in [1.807, 2.05) is 35.3 Å². The smallest absolute Gasteiger partial charge is 0.191 e. The van der Waals surface area contributed by atoms with Gasteiger partial charge < -0.3 is 10.6 Å². The number of guanidine groups is 1. The van der Waals surface area contributed by atoms with Crippen LogP contribution in [0.3, 0.4) is 0 Å². The van der Waals surface area contributed by atoms with E-state index >= 15 is 0 Å². The Hall–Kier alpha value is -1.94. The number of hydrogen-bond acceptors (Lipinski definition) is 4. The van der Waals surface area contributed by atoms with E-state index in [0.717, 1.165) is 36.0 Å². The van der Waals surface area contributed by atoms with Crippen molar-refractivity contribution in [2.45, 2.75) is 39.9 Å². The van der Waals surface area contributed by atoms with Gasteiger partial charge in [0, 0.05) is 29.4 Å². The molecule has 2 aromatic heterocycles. The molecule has 0 aliphatic heterocycles. The van der Waals surface area contributed by atoms with Gasteiger partial charge >= 0.3 is 0 Å². The minimum atomic E-state index is 0. The summed E-state index contributed by atoms with van der Waals surface area (Å²) in [6.45, 7) is 7.07. The van der Waals surface area contributed by atoms with Crippen LogP contribution in [0.1, 0.15) is 34.9 Å². The third kappa shape index (κ3) is 6.90. The van der Waals surface area contributed by atoms with Crippen LogP contribution in [-0.2, 0) is 26.1 Å². The van der Waals surface area contributed by atoms with E-state index in [1.165, 1.54) is 10.4 Å². The Morgan fingerprint density at radius 2 is 1.93 bits per heavy atom. The summed E-state index contributed by atoms with van der Waals surface area (Å²) in [6.07, 6.45) is 6.91. The number of aromatic nitrogens is 3. The molecule has 3 aromatic rings. The topological polar surface area (TPSA) is 67.1 Å². The van der Waals surface area contributed by atoms with Crippen LogP contribution < -0.4 is 10.6 Å². The third-order valence-electron chi connectivity index (χ3n) is 4.00. The summed E-state index contributed by atoms with van der Waals surface area (Å²) in [6, 6.07) is 10.3. The zero-order valence-corrected chi connectivity index (χ0v) is 19.4. The fourth-order valence-corrected chi connectivity index (χ4v) is 3.41. The van der Waals surface area contributed by atoms with E-state index in [1.54, 1.807) is 11.3 Å². The third-order valence-corrected chi connectivity index (χ3v) is 5.14. The summed E-state index contributed by atoms with van der Waals surface area (Å²) < 4.78 is 1.95. The highest BCUT2D eigenvalue weighted by atomic mass is 127. The second-order valence-corrected chi connectivity index (χ2v) is 7.35. The normalized spacial score (nSPS) is 11.1. The number of aryl methyl sites for hydroxylation is 1. The minimum absolute atomic E-state index is 0. The molecule has 150 valence electrons. The lowest BCUT2D eigenvalue weighted by Crippen LogP contribution is -2.36. The molecule has 0 aliphatic rings. The average molecular weight is 510 g/mol. The van der Waals surface area contributed by atoms with E-state index in [2.05, 4.69) is 57.9 Å². The fourth-order valence-electron chi connectivity index (χ4n) is 2.61. The van der Waals surface area contributed by atoms with Crippen LogP contribution in [0, 0.1) is 0 Å². The number of hydrogen-bond donors (Lipinski definition) is 2. The van der Waals surface area contributed by atoms with Crippen molar-refractivity contribution in [3.8, 4) is 0 Å². The molecule has 0 bridgehead atoms. The quantitative estimate of drug-likeness (QED) is 0.275. The van der Waals surface area contributed by atoms with E-state index < -0.39 is 0 Å². The molecule has 0 spiro atoms. The van der Waals surface area contributed by atoms with Gasteiger partial charge in [-0.05, 0) is 18.9 Å². The fraction of sp³-hybridized carbons (Fsp3) is 0.350. The molecule has 0 radical (unpaired) electrons. The van der Waals surface area contributed by atoms with Gasteiger partial charge in [-0.15, -0.1) is 35.3 Å². The van der Waals surface area contributed by atoms with Gasteiger partial charge in [-0.2, -0.15) is 5.10 Å². The SMILES string of the molecule is CCNC(=NCc1cnn(Cc2ccccc2)c1)NCc1ncc(CC)s1.I. The highest BCUT2D eigenvalue weighted by molar-refractivity contribution is 14.0. The van der Waals surface area contributed by atoms with Gasteiger partial charge in [0.05, 0.1) is 25.8 Å². The van der Waals surface area contributed by atoms with Crippen LogP contribution in [0.5, 0.6) is 0 Å². The second kappa shape index (κ2) is 11.8. The number of benzene rings is 1. The van der Waals surface area contributed by atoms with Gasteiger partial charge in [0.15, 0.2) is 5.96 Å². The highest BCUT2D eigenvalue weighted by Gasteiger charge is 2.04. The Bertz CT molecular complexity index is 858. The molecule has 0 atom stereocenters. The van der Waals surface area contributed by atoms with Gasteiger partial charge in [0.2, 0.25) is 0 Å². The Labute approximate surface area is 187 Å². The summed E-state index contributed by atoms with van der Waals surface area (Å²) in [5.74, 6) is 0.793. The predicted octanol–water partition coefficient (Wildman–Crippen LogP) is 3.82. The molecule has 28 heavy (non-hydrogen) atoms. The molecule has 0 aliphatic carbocycles. The van der Waals surface area contributed by atoms with Gasteiger partial charge in [-0.3, -0.25) is 4.68 Å². The minimum Gasteiger partial charge on any atom is -0.357 e. The van der Waals surface area contributed by atoms with Gasteiger partial charge in [-0.1, -0.05) is 37.3 Å². The van der Waals surface area contributed by atoms with E-state index in [-0.39, 0.29) is 24.0 Å². The van der Waals surface area contributed by atoms with Gasteiger partial charge in [0.25, 0.3) is 0 Å². The first kappa shape index (κ1) is 22.4. The van der Waals surface area contributed by atoms with Crippen LogP contribution >= 0.6 is 35.3 Å². The summed E-state index contributed by atoms with van der Waals surface area (Å²) >= 11 is 1.74. The Kier molecular flexibility index (Phi) is 9.42. The molecular weight excluding hydrogens is 483 g/mol. The van der Waals surface area contributed by atoms with Gasteiger partial charge in [0.1, 0.15) is 5.01 Å². The first-order chi connectivity index (χ1) is 13.3. The summed E-state index contributed by atoms with van der Waals surface area (Å²) in [4.78, 5) is 10.4. The maximum absolute atomic E-state index is 4.66. The highest BCUT2D eigenvalue weighted by Crippen LogP contribution is 2.12. The van der Waals surface area contributed by atoms with Crippen LogP contribution in [-0.4, -0.2) is 27.3 Å². The van der Waals surface area contributed by atoms with Crippen molar-refractivity contribution in [3.63, 3.8) is 0 Å². The van der Waals surface area contributed by atoms with E-state index in [4.69, 9.17) is 0 Å². The predicted molar refractivity (Wildman–Crippen MR) is 126 cm³/mol. The van der Waals surface area contributed by atoms with Crippen LogP contribution in [0.2, 0.25) is 0 Å². The van der Waals surface area contributed by atoms with E-state index in [9.17, 15) is 0 Å². The van der Waals surface area contributed by atoms with Crippen LogP contribution in [0.25, 0.3) is 0 Å². The maximum atomic E-state index is 4.66. The zero-order chi connectivity index (χ0) is 18.9. The van der Waals surface area contributed by atoms with Crippen molar-refractivity contribution in [2.75, 3.05) is 6.54 Å². The van der Waals surface area contributed by atoms with Gasteiger partial charge in [-0.25, -0.2) is 9.98 Å². The summed E-state index contributed by atoms with van der Waals surface area (Å²) in [7, 11) is 0. The van der Waals surface area contributed by atoms with Crippen molar-refractivity contribution in [3.05, 3.63) is 69.9 Å². The number of aliphatic imine (C=N–C) groups is 1. The number of nitrogens with zero attached hydrogens (tertiary/aromatic N) is 4. The lowest BCUT2D eigenvalue weighted by atomic mass is 10.2. The molecule has 2 heterocycles. The van der Waals surface area contributed by atoms with Crippen LogP contribution in [0.4, 0.5) is 0 Å². The number of halogens is 1. The lowest BCUT2D eigenvalue weighted by Gasteiger charge is -2.09. The monoisotopic (exact) mass is 510 g/mol. The molecule has 8 heteroatoms. The number of thiazole rings is 1. The largest absolute Gasteiger partial charge is 0.357 e. The molecule has 0 fully saturated rings. The molecular formula is C20H27IN6S. The van der Waals surface area contributed by atoms with Crippen molar-refractivity contribution in [1.29, 1.82) is 0 Å². The molecule has 0 saturated carbocycles. The molecule has 0 saturated heterocycles. The van der Waals surface area contributed by atoms with Crippen molar-refractivity contribution in [2.24, 2.45) is 4.99 Å². The summed E-state index contributed by atoms with van der Waals surface area (Å²) in [5.41, 5.74) is 2.33. The maximum Gasteiger partial charge on any atom is 0.191 e. The Balaban J connectivity index is 0.00000280. The van der Waals surface area contributed by atoms with Crippen LogP contribution in [0.15, 0.2) is 53.9 Å². The first-order valence-corrected chi connectivity index (χ1v) is 10.1. The molecule has 0 amide bonds. The number of rotatable bonds is 8. The van der Waals surface area contributed by atoms with Crippen molar-refractivity contribution >= 4 is 41.3 Å². The molecule has 0 unspecified atom stereocenters. The molecule has 3 rings (SSSR count). The Morgan fingerprint density at radius 3 is 2.64 bits per heavy atom. The first-order valence-electron chi connectivity index (χ1n) is 9.27.